The van der Waals surface area contributed by atoms with Crippen LogP contribution in [0.15, 0.2) is 45.8 Å². The number of nitrogens with zero attached hydrogens (tertiary/aromatic N) is 3. The van der Waals surface area contributed by atoms with Crippen LogP contribution in [0.25, 0.3) is 11.0 Å². The first-order valence-corrected chi connectivity index (χ1v) is 10.9. The Morgan fingerprint density at radius 3 is 2.59 bits per heavy atom. The third kappa shape index (κ3) is 4.19. The standard InChI is InChI=1S/C19H19BrFN3O4S/c1-4-24-17-8-6-13(29(26,27)23(2)3)10-16(17)22-18(24)11-28-19(25)14-7-5-12(21)9-15(14)20/h5-10H,4,11H2,1-3H3. The molecule has 0 aliphatic rings. The van der Waals surface area contributed by atoms with Gasteiger partial charge in [-0.15, -0.1) is 0 Å². The molecule has 0 fully saturated rings. The van der Waals surface area contributed by atoms with Gasteiger partial charge in [0.2, 0.25) is 10.0 Å². The van der Waals surface area contributed by atoms with Crippen molar-refractivity contribution >= 4 is 43.0 Å². The smallest absolute Gasteiger partial charge is 0.339 e. The molecule has 154 valence electrons. The second-order valence-electron chi connectivity index (χ2n) is 6.41. The number of sulfonamides is 1. The number of fused-ring (bicyclic) bond motifs is 1. The molecule has 3 aromatic rings. The second-order valence-corrected chi connectivity index (χ2v) is 9.42. The summed E-state index contributed by atoms with van der Waals surface area (Å²) >= 11 is 3.15. The highest BCUT2D eigenvalue weighted by Crippen LogP contribution is 2.23. The number of imidazole rings is 1. The number of halogens is 2. The van der Waals surface area contributed by atoms with Gasteiger partial charge < -0.3 is 9.30 Å². The average Bonchev–Trinajstić information content (AvgIpc) is 3.02. The van der Waals surface area contributed by atoms with Crippen LogP contribution in [0.3, 0.4) is 0 Å². The Balaban J connectivity index is 1.90. The lowest BCUT2D eigenvalue weighted by atomic mass is 10.2. The van der Waals surface area contributed by atoms with Gasteiger partial charge >= 0.3 is 5.97 Å². The lowest BCUT2D eigenvalue weighted by molar-refractivity contribution is 0.0457. The molecule has 0 spiro atoms. The van der Waals surface area contributed by atoms with Crippen LogP contribution < -0.4 is 0 Å². The summed E-state index contributed by atoms with van der Waals surface area (Å²) in [5, 5.41) is 0. The molecule has 29 heavy (non-hydrogen) atoms. The zero-order valence-electron chi connectivity index (χ0n) is 16.0. The number of benzene rings is 2. The van der Waals surface area contributed by atoms with Gasteiger partial charge in [-0.25, -0.2) is 26.9 Å². The van der Waals surface area contributed by atoms with Crippen molar-refractivity contribution in [3.8, 4) is 0 Å². The van der Waals surface area contributed by atoms with Crippen LogP contribution in [-0.2, 0) is 27.9 Å². The maximum atomic E-state index is 13.2. The molecule has 0 saturated heterocycles. The molecule has 0 aliphatic carbocycles. The summed E-state index contributed by atoms with van der Waals surface area (Å²) in [7, 11) is -0.664. The summed E-state index contributed by atoms with van der Waals surface area (Å²) in [6.07, 6.45) is 0. The molecular formula is C19H19BrFN3O4S. The summed E-state index contributed by atoms with van der Waals surface area (Å²) in [5.41, 5.74) is 1.42. The molecule has 0 atom stereocenters. The molecule has 0 amide bonds. The average molecular weight is 484 g/mol. The predicted octanol–water partition coefficient (Wildman–Crippen LogP) is 3.57. The number of aromatic nitrogens is 2. The van der Waals surface area contributed by atoms with Crippen LogP contribution in [-0.4, -0.2) is 42.3 Å². The first-order valence-electron chi connectivity index (χ1n) is 8.69. The van der Waals surface area contributed by atoms with Crippen LogP contribution in [0.2, 0.25) is 0 Å². The molecule has 0 unspecified atom stereocenters. The number of rotatable bonds is 6. The molecule has 0 radical (unpaired) electrons. The third-order valence-corrected chi connectivity index (χ3v) is 6.84. The normalized spacial score (nSPS) is 11.9. The monoisotopic (exact) mass is 483 g/mol. The first kappa shape index (κ1) is 21.4. The van der Waals surface area contributed by atoms with E-state index in [1.807, 2.05) is 11.5 Å². The minimum Gasteiger partial charge on any atom is -0.454 e. The number of carbonyl (C=O) groups is 1. The molecule has 1 heterocycles. The quantitative estimate of drug-likeness (QED) is 0.500. The largest absolute Gasteiger partial charge is 0.454 e. The van der Waals surface area contributed by atoms with Gasteiger partial charge in [-0.2, -0.15) is 0 Å². The fourth-order valence-electron chi connectivity index (χ4n) is 2.86. The van der Waals surface area contributed by atoms with E-state index in [1.54, 1.807) is 6.07 Å². The Morgan fingerprint density at radius 1 is 1.24 bits per heavy atom. The van der Waals surface area contributed by atoms with Crippen LogP contribution in [0.5, 0.6) is 0 Å². The van der Waals surface area contributed by atoms with Crippen molar-refractivity contribution in [2.45, 2.75) is 25.0 Å². The Hall–Kier alpha value is -2.30. The highest BCUT2D eigenvalue weighted by molar-refractivity contribution is 9.10. The minimum absolute atomic E-state index is 0.110. The van der Waals surface area contributed by atoms with Gasteiger partial charge in [-0.3, -0.25) is 0 Å². The van der Waals surface area contributed by atoms with E-state index in [-0.39, 0.29) is 17.1 Å². The van der Waals surface area contributed by atoms with Gasteiger partial charge in [0.05, 0.1) is 21.5 Å². The molecule has 0 aliphatic heterocycles. The van der Waals surface area contributed by atoms with E-state index in [2.05, 4.69) is 20.9 Å². The topological polar surface area (TPSA) is 81.5 Å². The summed E-state index contributed by atoms with van der Waals surface area (Å²) in [6, 6.07) is 8.41. The first-order chi connectivity index (χ1) is 13.6. The molecule has 10 heteroatoms. The Labute approximate surface area is 176 Å². The maximum absolute atomic E-state index is 13.2. The molecule has 0 N–H and O–H groups in total. The van der Waals surface area contributed by atoms with Crippen molar-refractivity contribution in [3.05, 3.63) is 58.1 Å². The van der Waals surface area contributed by atoms with Crippen LogP contribution in [0.4, 0.5) is 4.39 Å². The van der Waals surface area contributed by atoms with E-state index >= 15 is 0 Å². The maximum Gasteiger partial charge on any atom is 0.339 e. The molecule has 0 saturated carbocycles. The lowest BCUT2D eigenvalue weighted by Crippen LogP contribution is -2.22. The molecule has 3 rings (SSSR count). The number of carbonyl (C=O) groups excluding carboxylic acids is 1. The van der Waals surface area contributed by atoms with Crippen LogP contribution in [0, 0.1) is 5.82 Å². The zero-order chi connectivity index (χ0) is 21.3. The Bertz CT molecular complexity index is 1190. The molecule has 2 aromatic carbocycles. The van der Waals surface area contributed by atoms with Crippen molar-refractivity contribution < 1.29 is 22.3 Å². The van der Waals surface area contributed by atoms with Crippen molar-refractivity contribution in [2.75, 3.05) is 14.1 Å². The van der Waals surface area contributed by atoms with Gasteiger partial charge in [0.25, 0.3) is 0 Å². The van der Waals surface area contributed by atoms with Gasteiger partial charge in [-0.05, 0) is 59.3 Å². The van der Waals surface area contributed by atoms with Gasteiger partial charge in [-0.1, -0.05) is 0 Å². The number of hydrogen-bond acceptors (Lipinski definition) is 5. The van der Waals surface area contributed by atoms with Crippen molar-refractivity contribution in [1.82, 2.24) is 13.9 Å². The van der Waals surface area contributed by atoms with Crippen LogP contribution in [0.1, 0.15) is 23.1 Å². The summed E-state index contributed by atoms with van der Waals surface area (Å²) in [5.74, 6) is -0.611. The lowest BCUT2D eigenvalue weighted by Gasteiger charge is -2.11. The summed E-state index contributed by atoms with van der Waals surface area (Å²) in [6.45, 7) is 2.36. The summed E-state index contributed by atoms with van der Waals surface area (Å²) < 4.78 is 46.5. The van der Waals surface area contributed by atoms with Crippen molar-refractivity contribution in [1.29, 1.82) is 0 Å². The number of aryl methyl sites for hydroxylation is 1. The van der Waals surface area contributed by atoms with E-state index in [9.17, 15) is 17.6 Å². The Kier molecular flexibility index (Phi) is 6.06. The highest BCUT2D eigenvalue weighted by atomic mass is 79.9. The third-order valence-electron chi connectivity index (χ3n) is 4.38. The van der Waals surface area contributed by atoms with Crippen LogP contribution >= 0.6 is 15.9 Å². The van der Waals surface area contributed by atoms with E-state index in [0.29, 0.717) is 22.4 Å². The van der Waals surface area contributed by atoms with E-state index in [4.69, 9.17) is 4.74 Å². The van der Waals surface area contributed by atoms with Crippen molar-refractivity contribution in [2.24, 2.45) is 0 Å². The minimum atomic E-state index is -3.59. The number of esters is 1. The molecule has 0 bridgehead atoms. The van der Waals surface area contributed by atoms with E-state index < -0.39 is 21.8 Å². The SMILES string of the molecule is CCn1c(COC(=O)c2ccc(F)cc2Br)nc2cc(S(=O)(=O)N(C)C)ccc21. The molecule has 1 aromatic heterocycles. The Morgan fingerprint density at radius 2 is 1.97 bits per heavy atom. The number of hydrogen-bond donors (Lipinski definition) is 0. The fraction of sp³-hybridized carbons (Fsp3) is 0.263. The molecule has 7 nitrogen and oxygen atoms in total. The van der Waals surface area contributed by atoms with E-state index in [1.165, 1.54) is 44.4 Å². The predicted molar refractivity (Wildman–Crippen MR) is 109 cm³/mol. The number of ether oxygens (including phenoxy) is 1. The molecular weight excluding hydrogens is 465 g/mol. The fourth-order valence-corrected chi connectivity index (χ4v) is 4.29. The van der Waals surface area contributed by atoms with Gasteiger partial charge in [0, 0.05) is 25.1 Å². The van der Waals surface area contributed by atoms with E-state index in [0.717, 1.165) is 9.82 Å². The highest BCUT2D eigenvalue weighted by Gasteiger charge is 2.20. The second kappa shape index (κ2) is 8.21. The van der Waals surface area contributed by atoms with Gasteiger partial charge in [0.1, 0.15) is 18.2 Å². The van der Waals surface area contributed by atoms with Gasteiger partial charge in [0.15, 0.2) is 0 Å². The zero-order valence-corrected chi connectivity index (χ0v) is 18.4. The summed E-state index contributed by atoms with van der Waals surface area (Å²) in [4.78, 5) is 16.9. The van der Waals surface area contributed by atoms with Crippen molar-refractivity contribution in [3.63, 3.8) is 0 Å².